The molecule has 0 amide bonds. The van der Waals surface area contributed by atoms with Crippen molar-refractivity contribution < 1.29 is 8.96 Å². The predicted molar refractivity (Wildman–Crippen MR) is 130 cm³/mol. The minimum absolute atomic E-state index is 0.208. The lowest BCUT2D eigenvalue weighted by atomic mass is 10.0. The van der Waals surface area contributed by atoms with Crippen molar-refractivity contribution in [1.29, 1.82) is 0 Å². The fourth-order valence-electron chi connectivity index (χ4n) is 4.98. The third-order valence-corrected chi connectivity index (χ3v) is 6.44. The molecule has 3 heteroatoms. The maximum Gasteiger partial charge on any atom is 0.295 e. The van der Waals surface area contributed by atoms with E-state index in [1.54, 1.807) is 6.07 Å². The summed E-state index contributed by atoms with van der Waals surface area (Å²) < 4.78 is 18.3. The Labute approximate surface area is 185 Å². The van der Waals surface area contributed by atoms with Gasteiger partial charge in [0.2, 0.25) is 0 Å². The molecule has 0 aliphatic heterocycles. The lowest BCUT2D eigenvalue weighted by Gasteiger charge is -2.09. The molecule has 2 aromatic heterocycles. The van der Waals surface area contributed by atoms with E-state index in [2.05, 4.69) is 89.0 Å². The van der Waals surface area contributed by atoms with Crippen molar-refractivity contribution >= 4 is 32.7 Å². The smallest absolute Gasteiger partial charge is 0.229 e. The number of fused-ring (bicyclic) bond motifs is 5. The van der Waals surface area contributed by atoms with Gasteiger partial charge < -0.3 is 0 Å². The Bertz CT molecular complexity index is 1650. The van der Waals surface area contributed by atoms with Crippen LogP contribution >= 0.6 is 0 Å². The number of para-hydroxylation sites is 1. The Morgan fingerprint density at radius 3 is 2.34 bits per heavy atom. The second kappa shape index (κ2) is 7.03. The summed E-state index contributed by atoms with van der Waals surface area (Å²) in [6, 6.07) is 32.8. The van der Waals surface area contributed by atoms with E-state index in [-0.39, 0.29) is 5.82 Å². The van der Waals surface area contributed by atoms with Crippen LogP contribution in [0.1, 0.15) is 5.56 Å². The second-order valence-corrected chi connectivity index (χ2v) is 8.33. The Balaban J connectivity index is 1.81. The molecule has 0 saturated carbocycles. The van der Waals surface area contributed by atoms with E-state index in [1.165, 1.54) is 33.1 Å². The van der Waals surface area contributed by atoms with Crippen LogP contribution in [0.2, 0.25) is 0 Å². The SMILES string of the molecule is Cc1cc(F)ccc1-c1ccc2c3c4ccccc4ccc3n(-c3ccccc3)c2[n+]1C. The molecule has 0 bridgehead atoms. The first kappa shape index (κ1) is 18.8. The average Bonchev–Trinajstić information content (AvgIpc) is 3.16. The summed E-state index contributed by atoms with van der Waals surface area (Å²) in [5.41, 5.74) is 6.42. The Morgan fingerprint density at radius 2 is 1.53 bits per heavy atom. The third-order valence-electron chi connectivity index (χ3n) is 6.44. The molecule has 0 aliphatic carbocycles. The van der Waals surface area contributed by atoms with Gasteiger partial charge in [0.1, 0.15) is 22.7 Å². The van der Waals surface area contributed by atoms with Gasteiger partial charge in [0.15, 0.2) is 0 Å². The molecule has 2 heterocycles. The fraction of sp³-hybridized carbons (Fsp3) is 0.0690. The number of pyridine rings is 1. The Kier molecular flexibility index (Phi) is 4.12. The highest BCUT2D eigenvalue weighted by atomic mass is 19.1. The van der Waals surface area contributed by atoms with Gasteiger partial charge in [0, 0.05) is 10.9 Å². The predicted octanol–water partition coefficient (Wildman–Crippen LogP) is 6.88. The maximum atomic E-state index is 13.8. The normalized spacial score (nSPS) is 11.6. The third kappa shape index (κ3) is 2.68. The largest absolute Gasteiger partial charge is 0.295 e. The monoisotopic (exact) mass is 417 g/mol. The lowest BCUT2D eigenvalue weighted by Crippen LogP contribution is -2.34. The van der Waals surface area contributed by atoms with Gasteiger partial charge in [-0.15, -0.1) is 0 Å². The lowest BCUT2D eigenvalue weighted by molar-refractivity contribution is -0.636. The van der Waals surface area contributed by atoms with Crippen molar-refractivity contribution in [3.63, 3.8) is 0 Å². The molecule has 154 valence electrons. The topological polar surface area (TPSA) is 8.81 Å². The quantitative estimate of drug-likeness (QED) is 0.272. The molecular weight excluding hydrogens is 395 g/mol. The van der Waals surface area contributed by atoms with Gasteiger partial charge in [-0.1, -0.05) is 48.5 Å². The first-order chi connectivity index (χ1) is 15.6. The van der Waals surface area contributed by atoms with E-state index in [4.69, 9.17) is 0 Å². The maximum absolute atomic E-state index is 13.8. The first-order valence-electron chi connectivity index (χ1n) is 10.8. The first-order valence-corrected chi connectivity index (χ1v) is 10.8. The number of benzene rings is 4. The summed E-state index contributed by atoms with van der Waals surface area (Å²) in [6.45, 7) is 1.96. The Hall–Kier alpha value is -3.98. The van der Waals surface area contributed by atoms with Crippen molar-refractivity contribution in [2.24, 2.45) is 7.05 Å². The van der Waals surface area contributed by atoms with Crippen LogP contribution in [0, 0.1) is 12.7 Å². The van der Waals surface area contributed by atoms with Crippen LogP contribution in [0.3, 0.4) is 0 Å². The van der Waals surface area contributed by atoms with Gasteiger partial charge in [-0.3, -0.25) is 0 Å². The van der Waals surface area contributed by atoms with Crippen LogP contribution in [0.25, 0.3) is 49.7 Å². The number of aryl methyl sites for hydroxylation is 2. The molecule has 0 radical (unpaired) electrons. The van der Waals surface area contributed by atoms with E-state index >= 15 is 0 Å². The molecule has 6 rings (SSSR count). The molecule has 0 aliphatic rings. The number of hydrogen-bond acceptors (Lipinski definition) is 0. The highest BCUT2D eigenvalue weighted by Crippen LogP contribution is 2.36. The van der Waals surface area contributed by atoms with E-state index in [0.717, 1.165) is 28.2 Å². The summed E-state index contributed by atoms with van der Waals surface area (Å²) >= 11 is 0. The molecule has 32 heavy (non-hydrogen) atoms. The number of rotatable bonds is 2. The second-order valence-electron chi connectivity index (χ2n) is 8.33. The molecule has 0 unspecified atom stereocenters. The van der Waals surface area contributed by atoms with Crippen LogP contribution in [0.15, 0.2) is 97.1 Å². The van der Waals surface area contributed by atoms with Crippen LogP contribution < -0.4 is 4.57 Å². The molecule has 0 N–H and O–H groups in total. The van der Waals surface area contributed by atoms with Crippen molar-refractivity contribution in [2.75, 3.05) is 0 Å². The van der Waals surface area contributed by atoms with Crippen LogP contribution in [-0.4, -0.2) is 4.57 Å². The highest BCUT2D eigenvalue weighted by molar-refractivity contribution is 6.20. The Morgan fingerprint density at radius 1 is 0.750 bits per heavy atom. The van der Waals surface area contributed by atoms with Gasteiger partial charge in [-0.25, -0.2) is 8.96 Å². The molecule has 4 aromatic carbocycles. The number of hydrogen-bond donors (Lipinski definition) is 0. The van der Waals surface area contributed by atoms with Crippen molar-refractivity contribution in [1.82, 2.24) is 4.57 Å². The summed E-state index contributed by atoms with van der Waals surface area (Å²) in [6.07, 6.45) is 0. The van der Waals surface area contributed by atoms with Gasteiger partial charge >= 0.3 is 0 Å². The standard InChI is InChI=1S/C29H22FN2/c1-19-18-21(30)13-14-23(19)26-17-15-25-28-24-11-7-6-8-20(24)12-16-27(28)32(29(25)31(26)2)22-9-4-3-5-10-22/h3-18H,1-2H3/q+1. The molecule has 0 fully saturated rings. The van der Waals surface area contributed by atoms with Gasteiger partial charge in [0.25, 0.3) is 5.65 Å². The zero-order valence-electron chi connectivity index (χ0n) is 18.0. The van der Waals surface area contributed by atoms with Gasteiger partial charge in [-0.2, -0.15) is 4.57 Å². The number of halogens is 1. The van der Waals surface area contributed by atoms with Crippen molar-refractivity contribution in [2.45, 2.75) is 6.92 Å². The number of aromatic nitrogens is 2. The van der Waals surface area contributed by atoms with E-state index in [1.807, 2.05) is 19.1 Å². The molecule has 0 spiro atoms. The summed E-state index contributed by atoms with van der Waals surface area (Å²) in [5.74, 6) is -0.208. The van der Waals surface area contributed by atoms with Gasteiger partial charge in [0.05, 0.1) is 12.4 Å². The zero-order valence-corrected chi connectivity index (χ0v) is 18.0. The van der Waals surface area contributed by atoms with E-state index in [0.29, 0.717) is 0 Å². The summed E-state index contributed by atoms with van der Waals surface area (Å²) in [7, 11) is 2.10. The molecule has 6 aromatic rings. The molecule has 0 saturated heterocycles. The zero-order chi connectivity index (χ0) is 21.8. The van der Waals surface area contributed by atoms with Crippen molar-refractivity contribution in [3.8, 4) is 16.9 Å². The van der Waals surface area contributed by atoms with Crippen LogP contribution in [0.5, 0.6) is 0 Å². The average molecular weight is 418 g/mol. The van der Waals surface area contributed by atoms with Crippen LogP contribution in [0.4, 0.5) is 4.39 Å². The van der Waals surface area contributed by atoms with E-state index < -0.39 is 0 Å². The molecule has 0 atom stereocenters. The number of nitrogens with zero attached hydrogens (tertiary/aromatic N) is 2. The minimum atomic E-state index is -0.208. The summed E-state index contributed by atoms with van der Waals surface area (Å²) in [4.78, 5) is 0. The fourth-order valence-corrected chi connectivity index (χ4v) is 4.98. The van der Waals surface area contributed by atoms with Crippen molar-refractivity contribution in [3.05, 3.63) is 108 Å². The molecular formula is C29H22FN2+. The van der Waals surface area contributed by atoms with Crippen LogP contribution in [-0.2, 0) is 7.05 Å². The van der Waals surface area contributed by atoms with E-state index in [9.17, 15) is 4.39 Å². The summed E-state index contributed by atoms with van der Waals surface area (Å²) in [5, 5.41) is 4.93. The van der Waals surface area contributed by atoms with Gasteiger partial charge in [-0.05, 0) is 71.8 Å². The minimum Gasteiger partial charge on any atom is -0.229 e. The molecule has 2 nitrogen and oxygen atoms in total. The highest BCUT2D eigenvalue weighted by Gasteiger charge is 2.25.